The fourth-order valence-corrected chi connectivity index (χ4v) is 1.78. The molecule has 1 N–H and O–H groups in total. The van der Waals surface area contributed by atoms with Crippen molar-refractivity contribution >= 4 is 0 Å². The Morgan fingerprint density at radius 2 is 2.23 bits per heavy atom. The Bertz CT molecular complexity index is 297. The third-order valence-corrected chi connectivity index (χ3v) is 2.30. The van der Waals surface area contributed by atoms with E-state index in [9.17, 15) is 0 Å². The third kappa shape index (κ3) is 1.62. The maximum absolute atomic E-state index is 5.13. The lowest BCUT2D eigenvalue weighted by molar-refractivity contribution is 0.393. The molecule has 0 radical (unpaired) electrons. The summed E-state index contributed by atoms with van der Waals surface area (Å²) in [6.07, 6.45) is 7.87. The molecule has 0 aromatic carbocycles. The monoisotopic (exact) mass is 177 g/mol. The van der Waals surface area contributed by atoms with E-state index in [4.69, 9.17) is 4.74 Å². The van der Waals surface area contributed by atoms with Crippen molar-refractivity contribution in [3.63, 3.8) is 0 Å². The zero-order valence-electron chi connectivity index (χ0n) is 8.13. The summed E-state index contributed by atoms with van der Waals surface area (Å²) < 4.78 is 5.13. The van der Waals surface area contributed by atoms with Crippen LogP contribution in [0, 0.1) is 0 Å². The molecular weight excluding hydrogens is 162 g/mol. The number of fused-ring (bicyclic) bond motifs is 1. The van der Waals surface area contributed by atoms with E-state index in [0.29, 0.717) is 6.04 Å². The number of ether oxygens (including phenoxy) is 1. The molecule has 2 nitrogen and oxygen atoms in total. The zero-order chi connectivity index (χ0) is 9.26. The van der Waals surface area contributed by atoms with Crippen LogP contribution in [-0.4, -0.2) is 6.04 Å². The molecule has 2 aliphatic rings. The summed E-state index contributed by atoms with van der Waals surface area (Å²) in [5.41, 5.74) is 4.02. The molecule has 1 aliphatic heterocycles. The van der Waals surface area contributed by atoms with Gasteiger partial charge in [0.25, 0.3) is 0 Å². The normalized spacial score (nSPS) is 20.1. The molecule has 0 fully saturated rings. The van der Waals surface area contributed by atoms with Crippen LogP contribution in [0.1, 0.15) is 26.7 Å². The van der Waals surface area contributed by atoms with Gasteiger partial charge in [-0.2, -0.15) is 0 Å². The maximum Gasteiger partial charge on any atom is 0.0940 e. The Labute approximate surface area is 79.0 Å². The Kier molecular flexibility index (Phi) is 2.13. The van der Waals surface area contributed by atoms with Gasteiger partial charge in [0, 0.05) is 17.3 Å². The van der Waals surface area contributed by atoms with Gasteiger partial charge < -0.3 is 10.1 Å². The number of allylic oxidation sites excluding steroid dienone is 4. The van der Waals surface area contributed by atoms with E-state index in [-0.39, 0.29) is 0 Å². The van der Waals surface area contributed by atoms with E-state index in [0.717, 1.165) is 12.8 Å². The lowest BCUT2D eigenvalue weighted by atomic mass is 10.1. The first-order valence-electron chi connectivity index (χ1n) is 4.78. The molecule has 2 heteroatoms. The molecule has 13 heavy (non-hydrogen) atoms. The molecule has 0 saturated carbocycles. The van der Waals surface area contributed by atoms with Crippen molar-refractivity contribution in [3.8, 4) is 0 Å². The molecule has 0 spiro atoms. The van der Waals surface area contributed by atoms with Crippen molar-refractivity contribution in [1.29, 1.82) is 0 Å². The van der Waals surface area contributed by atoms with Gasteiger partial charge in [-0.1, -0.05) is 0 Å². The second-order valence-corrected chi connectivity index (χ2v) is 3.77. The van der Waals surface area contributed by atoms with Gasteiger partial charge in [-0.15, -0.1) is 0 Å². The fraction of sp³-hybridized carbons (Fsp3) is 0.455. The summed E-state index contributed by atoms with van der Waals surface area (Å²) in [6, 6.07) is 0.512. The molecule has 70 valence electrons. The molecule has 0 aromatic rings. The van der Waals surface area contributed by atoms with Crippen LogP contribution < -0.4 is 5.32 Å². The second-order valence-electron chi connectivity index (χ2n) is 3.77. The predicted octanol–water partition coefficient (Wildman–Crippen LogP) is 2.46. The van der Waals surface area contributed by atoms with Crippen LogP contribution >= 0.6 is 0 Å². The summed E-state index contributed by atoms with van der Waals surface area (Å²) in [5.74, 6) is 0. The molecular formula is C11H15NO. The Morgan fingerprint density at radius 3 is 3.00 bits per heavy atom. The number of hydrogen-bond acceptors (Lipinski definition) is 2. The quantitative estimate of drug-likeness (QED) is 0.699. The van der Waals surface area contributed by atoms with Crippen LogP contribution in [0.25, 0.3) is 0 Å². The number of hydrogen-bond donors (Lipinski definition) is 1. The van der Waals surface area contributed by atoms with E-state index in [1.165, 1.54) is 16.8 Å². The third-order valence-electron chi connectivity index (χ3n) is 2.30. The minimum Gasteiger partial charge on any atom is -0.472 e. The van der Waals surface area contributed by atoms with Crippen LogP contribution in [0.15, 0.2) is 35.4 Å². The van der Waals surface area contributed by atoms with E-state index in [2.05, 4.69) is 19.2 Å². The molecule has 0 bridgehead atoms. The van der Waals surface area contributed by atoms with Gasteiger partial charge in [0.15, 0.2) is 0 Å². The van der Waals surface area contributed by atoms with Crippen LogP contribution in [0.3, 0.4) is 0 Å². The van der Waals surface area contributed by atoms with Crippen molar-refractivity contribution in [2.45, 2.75) is 32.7 Å². The highest BCUT2D eigenvalue weighted by atomic mass is 16.5. The van der Waals surface area contributed by atoms with Gasteiger partial charge in [-0.3, -0.25) is 0 Å². The van der Waals surface area contributed by atoms with E-state index < -0.39 is 0 Å². The van der Waals surface area contributed by atoms with Crippen molar-refractivity contribution < 1.29 is 4.74 Å². The van der Waals surface area contributed by atoms with Gasteiger partial charge in [0.05, 0.1) is 12.5 Å². The van der Waals surface area contributed by atoms with Crippen LogP contribution in [0.4, 0.5) is 0 Å². The molecule has 0 amide bonds. The Hall–Kier alpha value is -1.18. The van der Waals surface area contributed by atoms with Crippen molar-refractivity contribution in [2.24, 2.45) is 0 Å². The molecule has 1 aliphatic carbocycles. The smallest absolute Gasteiger partial charge is 0.0940 e. The minimum atomic E-state index is 0.512. The molecule has 0 unspecified atom stereocenters. The fourth-order valence-electron chi connectivity index (χ4n) is 1.78. The molecule has 0 aromatic heterocycles. The van der Waals surface area contributed by atoms with Crippen LogP contribution in [-0.2, 0) is 4.74 Å². The summed E-state index contributed by atoms with van der Waals surface area (Å²) in [4.78, 5) is 0. The first kappa shape index (κ1) is 8.42. The summed E-state index contributed by atoms with van der Waals surface area (Å²) in [5, 5.41) is 3.47. The molecule has 0 atom stereocenters. The van der Waals surface area contributed by atoms with Gasteiger partial charge in [-0.25, -0.2) is 0 Å². The van der Waals surface area contributed by atoms with Gasteiger partial charge in [-0.05, 0) is 38.3 Å². The Balaban J connectivity index is 2.22. The van der Waals surface area contributed by atoms with Crippen LogP contribution in [0.2, 0.25) is 0 Å². The van der Waals surface area contributed by atoms with Crippen molar-refractivity contribution in [3.05, 3.63) is 35.4 Å². The summed E-state index contributed by atoms with van der Waals surface area (Å²) in [7, 11) is 0. The lowest BCUT2D eigenvalue weighted by Crippen LogP contribution is -2.21. The van der Waals surface area contributed by atoms with E-state index >= 15 is 0 Å². The van der Waals surface area contributed by atoms with E-state index in [1.807, 2.05) is 12.3 Å². The largest absolute Gasteiger partial charge is 0.472 e. The molecule has 2 rings (SSSR count). The minimum absolute atomic E-state index is 0.512. The average molecular weight is 177 g/mol. The van der Waals surface area contributed by atoms with Crippen molar-refractivity contribution in [1.82, 2.24) is 5.32 Å². The standard InChI is InChI=1S/C11H15NO/c1-8(2)12-11-4-3-9-7-13-6-5-10(9)11/h5-8,12H,3-4H2,1-2H3. The highest BCUT2D eigenvalue weighted by Gasteiger charge is 2.20. The number of rotatable bonds is 2. The highest BCUT2D eigenvalue weighted by Crippen LogP contribution is 2.32. The summed E-state index contributed by atoms with van der Waals surface area (Å²) >= 11 is 0. The summed E-state index contributed by atoms with van der Waals surface area (Å²) in [6.45, 7) is 4.33. The van der Waals surface area contributed by atoms with Crippen molar-refractivity contribution in [2.75, 3.05) is 0 Å². The topological polar surface area (TPSA) is 21.3 Å². The molecule has 0 saturated heterocycles. The predicted molar refractivity (Wildman–Crippen MR) is 52.8 cm³/mol. The first-order valence-corrected chi connectivity index (χ1v) is 4.78. The SMILES string of the molecule is CC(C)NC1=C2C=COC=C2CC1. The van der Waals surface area contributed by atoms with Gasteiger partial charge in [0.2, 0.25) is 0 Å². The van der Waals surface area contributed by atoms with Crippen LogP contribution in [0.5, 0.6) is 0 Å². The van der Waals surface area contributed by atoms with Gasteiger partial charge >= 0.3 is 0 Å². The first-order chi connectivity index (χ1) is 6.27. The maximum atomic E-state index is 5.13. The second kappa shape index (κ2) is 3.29. The Morgan fingerprint density at radius 1 is 1.38 bits per heavy atom. The molecule has 1 heterocycles. The average Bonchev–Trinajstić information content (AvgIpc) is 2.48. The lowest BCUT2D eigenvalue weighted by Gasteiger charge is -2.13. The van der Waals surface area contributed by atoms with E-state index in [1.54, 1.807) is 6.26 Å². The zero-order valence-corrected chi connectivity index (χ0v) is 8.13. The highest BCUT2D eigenvalue weighted by molar-refractivity contribution is 5.48. The van der Waals surface area contributed by atoms with Gasteiger partial charge in [0.1, 0.15) is 0 Å². The number of nitrogens with one attached hydrogen (secondary N) is 1.